The van der Waals surface area contributed by atoms with Crippen LogP contribution >= 0.6 is 0 Å². The van der Waals surface area contributed by atoms with Crippen molar-refractivity contribution >= 4 is 17.9 Å². The first-order valence-corrected chi connectivity index (χ1v) is 33.7. The van der Waals surface area contributed by atoms with E-state index in [9.17, 15) is 19.5 Å². The zero-order valence-electron chi connectivity index (χ0n) is 54.0. The summed E-state index contributed by atoms with van der Waals surface area (Å²) in [7, 11) is 5.92. The fraction of sp³-hybridized carbons (Fsp3) is 0.689. The molecule has 9 nitrogen and oxygen atoms in total. The number of allylic oxidation sites excluding steroid dienone is 20. The number of unbranched alkanes of at least 4 members (excludes halogenated alkanes) is 26. The highest BCUT2D eigenvalue weighted by atomic mass is 16.7. The molecule has 83 heavy (non-hydrogen) atoms. The number of rotatable bonds is 61. The number of quaternary nitrogens is 1. The first-order chi connectivity index (χ1) is 40.6. The van der Waals surface area contributed by atoms with E-state index in [-0.39, 0.29) is 38.6 Å². The van der Waals surface area contributed by atoms with Gasteiger partial charge in [-0.15, -0.1) is 0 Å². The van der Waals surface area contributed by atoms with E-state index in [1.165, 1.54) is 128 Å². The SMILES string of the molecule is CC/C=C\C/C=C\C/C=C\C/C=C\C/C=C\C/C=C\C/C=C\CCCCCCCC(=O)OC(COC(=O)CCCCCCCCCCCCCCCCCC/C=C\C/C=C\C/C=C\CCCCCCC)COC(OCC[N+](C)(C)C)C(=O)[O-]. The lowest BCUT2D eigenvalue weighted by Gasteiger charge is -2.26. The molecule has 0 aliphatic heterocycles. The minimum atomic E-state index is -1.64. The summed E-state index contributed by atoms with van der Waals surface area (Å²) in [6, 6.07) is 0. The Morgan fingerprint density at radius 1 is 0.373 bits per heavy atom. The lowest BCUT2D eigenvalue weighted by Crippen LogP contribution is -2.44. The van der Waals surface area contributed by atoms with E-state index >= 15 is 0 Å². The van der Waals surface area contributed by atoms with Crippen molar-refractivity contribution in [3.8, 4) is 0 Å². The fourth-order valence-electron chi connectivity index (χ4n) is 9.05. The minimum Gasteiger partial charge on any atom is -0.545 e. The van der Waals surface area contributed by atoms with E-state index in [4.69, 9.17) is 18.9 Å². The molecule has 0 N–H and O–H groups in total. The van der Waals surface area contributed by atoms with Crippen LogP contribution in [0.25, 0.3) is 0 Å². The van der Waals surface area contributed by atoms with Gasteiger partial charge in [0, 0.05) is 12.8 Å². The molecule has 0 saturated carbocycles. The van der Waals surface area contributed by atoms with E-state index in [1.54, 1.807) is 0 Å². The number of esters is 2. The molecule has 0 fully saturated rings. The lowest BCUT2D eigenvalue weighted by atomic mass is 10.0. The van der Waals surface area contributed by atoms with Gasteiger partial charge in [-0.2, -0.15) is 0 Å². The lowest BCUT2D eigenvalue weighted by molar-refractivity contribution is -0.870. The van der Waals surface area contributed by atoms with Gasteiger partial charge in [-0.1, -0.05) is 270 Å². The van der Waals surface area contributed by atoms with Gasteiger partial charge < -0.3 is 33.3 Å². The molecule has 0 aromatic heterocycles. The van der Waals surface area contributed by atoms with Crippen molar-refractivity contribution in [3.63, 3.8) is 0 Å². The molecule has 0 spiro atoms. The highest BCUT2D eigenvalue weighted by molar-refractivity contribution is 5.70. The molecule has 0 rings (SSSR count). The van der Waals surface area contributed by atoms with Crippen molar-refractivity contribution in [1.82, 2.24) is 0 Å². The molecule has 0 heterocycles. The molecule has 0 saturated heterocycles. The van der Waals surface area contributed by atoms with Crippen LogP contribution in [0.3, 0.4) is 0 Å². The molecule has 0 aliphatic carbocycles. The predicted molar refractivity (Wildman–Crippen MR) is 352 cm³/mol. The molecule has 0 bridgehead atoms. The third kappa shape index (κ3) is 65.1. The number of nitrogens with zero attached hydrogens (tertiary/aromatic N) is 1. The molecule has 0 aromatic carbocycles. The van der Waals surface area contributed by atoms with Gasteiger partial charge in [-0.3, -0.25) is 9.59 Å². The average Bonchev–Trinajstić information content (AvgIpc) is 3.46. The average molecular weight is 1160 g/mol. The number of aliphatic carboxylic acids is 1. The first kappa shape index (κ1) is 78.7. The Labute approximate surface area is 510 Å². The van der Waals surface area contributed by atoms with Crippen molar-refractivity contribution in [3.05, 3.63) is 122 Å². The second-order valence-corrected chi connectivity index (χ2v) is 23.4. The number of carboxylic acid groups (broad SMARTS) is 1. The maximum Gasteiger partial charge on any atom is 0.306 e. The van der Waals surface area contributed by atoms with E-state index in [2.05, 4.69) is 135 Å². The summed E-state index contributed by atoms with van der Waals surface area (Å²) in [4.78, 5) is 37.5. The second kappa shape index (κ2) is 63.7. The molecule has 9 heteroatoms. The number of hydrogen-bond acceptors (Lipinski definition) is 8. The van der Waals surface area contributed by atoms with E-state index < -0.39 is 24.3 Å². The summed E-state index contributed by atoms with van der Waals surface area (Å²) in [5.74, 6) is -2.31. The predicted octanol–water partition coefficient (Wildman–Crippen LogP) is 19.5. The Morgan fingerprint density at radius 2 is 0.687 bits per heavy atom. The number of hydrogen-bond donors (Lipinski definition) is 0. The maximum absolute atomic E-state index is 12.9. The summed E-state index contributed by atoms with van der Waals surface area (Å²) in [5, 5.41) is 11.8. The topological polar surface area (TPSA) is 111 Å². The Balaban J connectivity index is 4.20. The maximum atomic E-state index is 12.9. The monoisotopic (exact) mass is 1160 g/mol. The zero-order chi connectivity index (χ0) is 60.5. The first-order valence-electron chi connectivity index (χ1n) is 33.7. The molecule has 2 unspecified atom stereocenters. The number of ether oxygens (including phenoxy) is 4. The van der Waals surface area contributed by atoms with Crippen molar-refractivity contribution in [1.29, 1.82) is 0 Å². The van der Waals surface area contributed by atoms with Gasteiger partial charge in [0.1, 0.15) is 13.2 Å². The molecule has 0 radical (unpaired) electrons. The van der Waals surface area contributed by atoms with Crippen molar-refractivity contribution in [2.24, 2.45) is 0 Å². The van der Waals surface area contributed by atoms with E-state index in [1.807, 2.05) is 21.1 Å². The molecule has 0 aliphatic rings. The highest BCUT2D eigenvalue weighted by Crippen LogP contribution is 2.16. The van der Waals surface area contributed by atoms with Crippen LogP contribution in [0.1, 0.15) is 271 Å². The quantitative estimate of drug-likeness (QED) is 0.0195. The summed E-state index contributed by atoms with van der Waals surface area (Å²) in [6.07, 6.45) is 86.9. The number of carbonyl (C=O) groups excluding carboxylic acids is 3. The van der Waals surface area contributed by atoms with E-state index in [0.717, 1.165) is 109 Å². The highest BCUT2D eigenvalue weighted by Gasteiger charge is 2.22. The number of likely N-dealkylation sites (N-methyl/N-ethyl adjacent to an activating group) is 1. The minimum absolute atomic E-state index is 0.138. The Hall–Kier alpha value is -4.31. The smallest absolute Gasteiger partial charge is 0.306 e. The molecule has 474 valence electrons. The Morgan fingerprint density at radius 3 is 1.02 bits per heavy atom. The third-order valence-corrected chi connectivity index (χ3v) is 14.2. The molecular formula is C74H125NO8. The van der Waals surface area contributed by atoms with Crippen LogP contribution in [-0.4, -0.2) is 82.3 Å². The summed E-state index contributed by atoms with van der Waals surface area (Å²) in [6.45, 7) is 4.60. The van der Waals surface area contributed by atoms with Gasteiger partial charge in [0.25, 0.3) is 0 Å². The van der Waals surface area contributed by atoms with Gasteiger partial charge in [-0.05, 0) is 109 Å². The molecule has 0 amide bonds. The second-order valence-electron chi connectivity index (χ2n) is 23.4. The number of carboxylic acids is 1. The molecular weight excluding hydrogens is 1030 g/mol. The van der Waals surface area contributed by atoms with Crippen LogP contribution < -0.4 is 5.11 Å². The van der Waals surface area contributed by atoms with Crippen LogP contribution in [-0.2, 0) is 33.3 Å². The van der Waals surface area contributed by atoms with Gasteiger partial charge in [-0.25, -0.2) is 0 Å². The van der Waals surface area contributed by atoms with Gasteiger partial charge >= 0.3 is 11.9 Å². The van der Waals surface area contributed by atoms with Crippen molar-refractivity contribution < 1.29 is 42.9 Å². The molecule has 2 atom stereocenters. The standard InChI is InChI=1S/C74H125NO8/c1-6-8-10-12-14-16-18-20-22-24-26-28-30-32-34-35-36-37-39-40-42-44-46-48-50-52-54-56-58-60-62-64-71(76)81-68-70(69-82-74(73(78)79)80-67-66-75(3,4)5)83-72(77)65-63-61-59-57-55-53-51-49-47-45-43-41-38-33-31-29-27-25-23-21-19-17-15-13-11-9-7-2/h9,11,15,17-18,20-21,23-24,26-27,29-30,32-33,38,43,45,49,51,70,74H,6-8,10,12-14,16,19,22,25,28,31,34-37,39-42,44,46-48,50,52-69H2,1-5H3/b11-9-,17-15-,20-18-,23-21-,26-24-,29-27-,32-30-,38-33-,45-43-,51-49-. The number of carbonyl (C=O) groups is 3. The Bertz CT molecular complexity index is 1780. The van der Waals surface area contributed by atoms with Crippen LogP contribution in [0, 0.1) is 0 Å². The van der Waals surface area contributed by atoms with Gasteiger partial charge in [0.05, 0.1) is 40.3 Å². The fourth-order valence-corrected chi connectivity index (χ4v) is 9.05. The summed E-state index contributed by atoms with van der Waals surface area (Å²) >= 11 is 0. The van der Waals surface area contributed by atoms with Crippen LogP contribution in [0.15, 0.2) is 122 Å². The van der Waals surface area contributed by atoms with Crippen LogP contribution in [0.4, 0.5) is 0 Å². The third-order valence-electron chi connectivity index (χ3n) is 14.2. The van der Waals surface area contributed by atoms with Crippen molar-refractivity contribution in [2.45, 2.75) is 283 Å². The zero-order valence-corrected chi connectivity index (χ0v) is 54.0. The van der Waals surface area contributed by atoms with Crippen molar-refractivity contribution in [2.75, 3.05) is 47.5 Å². The van der Waals surface area contributed by atoms with Crippen LogP contribution in [0.5, 0.6) is 0 Å². The van der Waals surface area contributed by atoms with Crippen LogP contribution in [0.2, 0.25) is 0 Å². The Kier molecular flexibility index (Phi) is 60.4. The normalized spacial score (nSPS) is 13.5. The van der Waals surface area contributed by atoms with Gasteiger partial charge in [0.15, 0.2) is 12.4 Å². The largest absolute Gasteiger partial charge is 0.545 e. The summed E-state index contributed by atoms with van der Waals surface area (Å²) < 4.78 is 22.8. The molecule has 0 aromatic rings. The van der Waals surface area contributed by atoms with E-state index in [0.29, 0.717) is 17.4 Å². The van der Waals surface area contributed by atoms with Gasteiger partial charge in [0.2, 0.25) is 0 Å². The summed E-state index contributed by atoms with van der Waals surface area (Å²) in [5.41, 5.74) is 0.